The van der Waals surface area contributed by atoms with Crippen molar-refractivity contribution in [2.75, 3.05) is 19.3 Å². The monoisotopic (exact) mass is 336 g/mol. The second-order valence-corrected chi connectivity index (χ2v) is 6.99. The quantitative estimate of drug-likeness (QED) is 0.909. The lowest BCUT2D eigenvalue weighted by Gasteiger charge is -2.17. The summed E-state index contributed by atoms with van der Waals surface area (Å²) in [5.41, 5.74) is -0.946. The van der Waals surface area contributed by atoms with Crippen molar-refractivity contribution in [2.24, 2.45) is 0 Å². The van der Waals surface area contributed by atoms with Crippen molar-refractivity contribution in [3.8, 4) is 0 Å². The molecule has 1 saturated heterocycles. The average Bonchev–Trinajstić information content (AvgIpc) is 2.83. The summed E-state index contributed by atoms with van der Waals surface area (Å²) in [7, 11) is -3.38. The first-order valence-corrected chi connectivity index (χ1v) is 8.39. The number of likely N-dealkylation sites (tertiary alicyclic amines) is 1. The molecular weight excluding hydrogens is 321 g/mol. The van der Waals surface area contributed by atoms with Gasteiger partial charge >= 0.3 is 6.18 Å². The standard InChI is InChI=1S/C13H15F3N2O3S/c1-22(20,21)17-11-5-6-18(8-11)12(19)9-3-2-4-10(7-9)13(14,15)16/h2-4,7,11,17H,5-6,8H2,1H3. The molecule has 0 aliphatic carbocycles. The highest BCUT2D eigenvalue weighted by atomic mass is 32.2. The lowest BCUT2D eigenvalue weighted by molar-refractivity contribution is -0.137. The molecule has 0 bridgehead atoms. The van der Waals surface area contributed by atoms with Gasteiger partial charge in [-0.3, -0.25) is 4.79 Å². The molecule has 9 heteroatoms. The van der Waals surface area contributed by atoms with Crippen molar-refractivity contribution in [1.29, 1.82) is 0 Å². The molecule has 1 amide bonds. The Hall–Kier alpha value is -1.61. The van der Waals surface area contributed by atoms with Gasteiger partial charge in [-0.2, -0.15) is 13.2 Å². The minimum absolute atomic E-state index is 0.0603. The van der Waals surface area contributed by atoms with E-state index in [2.05, 4.69) is 4.72 Å². The van der Waals surface area contributed by atoms with E-state index in [1.807, 2.05) is 0 Å². The fourth-order valence-corrected chi connectivity index (χ4v) is 3.15. The molecule has 1 aliphatic rings. The predicted octanol–water partition coefficient (Wildman–Crippen LogP) is 1.47. The summed E-state index contributed by atoms with van der Waals surface area (Å²) in [6, 6.07) is 3.78. The second-order valence-electron chi connectivity index (χ2n) is 5.21. The van der Waals surface area contributed by atoms with Crippen LogP contribution in [0.3, 0.4) is 0 Å². The maximum Gasteiger partial charge on any atom is 0.416 e. The number of hydrogen-bond donors (Lipinski definition) is 1. The fraction of sp³-hybridized carbons (Fsp3) is 0.462. The Balaban J connectivity index is 2.10. The van der Waals surface area contributed by atoms with Gasteiger partial charge in [-0.15, -0.1) is 0 Å². The molecule has 1 aliphatic heterocycles. The molecule has 1 N–H and O–H groups in total. The number of alkyl halides is 3. The van der Waals surface area contributed by atoms with E-state index >= 15 is 0 Å². The van der Waals surface area contributed by atoms with Crippen LogP contribution in [0.15, 0.2) is 24.3 Å². The molecule has 0 spiro atoms. The van der Waals surface area contributed by atoms with Crippen LogP contribution in [-0.4, -0.2) is 44.6 Å². The molecule has 0 saturated carbocycles. The fourth-order valence-electron chi connectivity index (χ4n) is 2.35. The molecule has 5 nitrogen and oxygen atoms in total. The lowest BCUT2D eigenvalue weighted by Crippen LogP contribution is -2.37. The second kappa shape index (κ2) is 5.88. The van der Waals surface area contributed by atoms with Crippen molar-refractivity contribution < 1.29 is 26.4 Å². The highest BCUT2D eigenvalue weighted by molar-refractivity contribution is 7.88. The molecular formula is C13H15F3N2O3S. The van der Waals surface area contributed by atoms with Crippen LogP contribution >= 0.6 is 0 Å². The Labute approximate surface area is 126 Å². The molecule has 0 radical (unpaired) electrons. The van der Waals surface area contributed by atoms with Crippen LogP contribution < -0.4 is 4.72 Å². The van der Waals surface area contributed by atoms with Crippen LogP contribution in [0.1, 0.15) is 22.3 Å². The topological polar surface area (TPSA) is 66.5 Å². The van der Waals surface area contributed by atoms with E-state index in [1.54, 1.807) is 0 Å². The Kier molecular flexibility index (Phi) is 4.48. The van der Waals surface area contributed by atoms with Crippen LogP contribution in [0.25, 0.3) is 0 Å². The molecule has 1 unspecified atom stereocenters. The molecule has 0 aromatic heterocycles. The largest absolute Gasteiger partial charge is 0.416 e. The summed E-state index contributed by atoms with van der Waals surface area (Å²) in [6.45, 7) is 0.435. The molecule has 122 valence electrons. The summed E-state index contributed by atoms with van der Waals surface area (Å²) in [5.74, 6) is -0.538. The number of carbonyl (C=O) groups is 1. The smallest absolute Gasteiger partial charge is 0.337 e. The maximum absolute atomic E-state index is 12.7. The van der Waals surface area contributed by atoms with E-state index in [4.69, 9.17) is 0 Å². The lowest BCUT2D eigenvalue weighted by atomic mass is 10.1. The molecule has 1 aromatic carbocycles. The van der Waals surface area contributed by atoms with Gasteiger partial charge in [0, 0.05) is 24.7 Å². The summed E-state index contributed by atoms with van der Waals surface area (Å²) >= 11 is 0. The van der Waals surface area contributed by atoms with Crippen molar-refractivity contribution >= 4 is 15.9 Å². The normalized spacial score (nSPS) is 19.5. The molecule has 1 atom stereocenters. The Bertz CT molecular complexity index is 673. The van der Waals surface area contributed by atoms with E-state index in [9.17, 15) is 26.4 Å². The van der Waals surface area contributed by atoms with Gasteiger partial charge in [0.05, 0.1) is 11.8 Å². The van der Waals surface area contributed by atoms with Crippen molar-refractivity contribution in [1.82, 2.24) is 9.62 Å². The summed E-state index contributed by atoms with van der Waals surface area (Å²) in [4.78, 5) is 13.6. The number of halogens is 3. The number of sulfonamides is 1. The number of benzene rings is 1. The van der Waals surface area contributed by atoms with Crippen LogP contribution in [0, 0.1) is 0 Å². The van der Waals surface area contributed by atoms with Gasteiger partial charge in [-0.25, -0.2) is 13.1 Å². The minimum Gasteiger partial charge on any atom is -0.337 e. The predicted molar refractivity (Wildman–Crippen MR) is 73.7 cm³/mol. The third kappa shape index (κ3) is 4.20. The Morgan fingerprint density at radius 1 is 1.36 bits per heavy atom. The zero-order valence-corrected chi connectivity index (χ0v) is 12.5. The van der Waals surface area contributed by atoms with Crippen molar-refractivity contribution in [3.05, 3.63) is 35.4 Å². The maximum atomic E-state index is 12.7. The first kappa shape index (κ1) is 16.8. The molecule has 22 heavy (non-hydrogen) atoms. The summed E-state index contributed by atoms with van der Waals surface area (Å²) in [6.07, 6.45) is -3.07. The Morgan fingerprint density at radius 2 is 2.05 bits per heavy atom. The van der Waals surface area contributed by atoms with Crippen LogP contribution in [-0.2, 0) is 16.2 Å². The van der Waals surface area contributed by atoms with Gasteiger partial charge in [0.25, 0.3) is 5.91 Å². The SMILES string of the molecule is CS(=O)(=O)NC1CCN(C(=O)c2cccc(C(F)(F)F)c2)C1. The molecule has 2 rings (SSSR count). The van der Waals surface area contributed by atoms with Gasteiger partial charge in [0.1, 0.15) is 0 Å². The average molecular weight is 336 g/mol. The van der Waals surface area contributed by atoms with Gasteiger partial charge in [-0.05, 0) is 24.6 Å². The summed E-state index contributed by atoms with van der Waals surface area (Å²) < 4.78 is 62.7. The molecule has 1 fully saturated rings. The first-order chi connectivity index (χ1) is 10.1. The van der Waals surface area contributed by atoms with E-state index in [1.165, 1.54) is 17.0 Å². The number of hydrogen-bond acceptors (Lipinski definition) is 3. The van der Waals surface area contributed by atoms with Gasteiger partial charge in [0.15, 0.2) is 0 Å². The third-order valence-corrected chi connectivity index (χ3v) is 4.05. The third-order valence-electron chi connectivity index (χ3n) is 3.29. The minimum atomic E-state index is -4.51. The van der Waals surface area contributed by atoms with Gasteiger partial charge in [0.2, 0.25) is 10.0 Å². The van der Waals surface area contributed by atoms with E-state index in [-0.39, 0.29) is 12.1 Å². The number of amides is 1. The van der Waals surface area contributed by atoms with Crippen LogP contribution in [0.2, 0.25) is 0 Å². The van der Waals surface area contributed by atoms with E-state index < -0.39 is 33.7 Å². The van der Waals surface area contributed by atoms with E-state index in [0.717, 1.165) is 18.4 Å². The first-order valence-electron chi connectivity index (χ1n) is 6.50. The number of nitrogens with zero attached hydrogens (tertiary/aromatic N) is 1. The highest BCUT2D eigenvalue weighted by Gasteiger charge is 2.32. The van der Waals surface area contributed by atoms with Gasteiger partial charge in [-0.1, -0.05) is 6.07 Å². The zero-order chi connectivity index (χ0) is 16.5. The van der Waals surface area contributed by atoms with E-state index in [0.29, 0.717) is 13.0 Å². The van der Waals surface area contributed by atoms with Crippen molar-refractivity contribution in [2.45, 2.75) is 18.6 Å². The van der Waals surface area contributed by atoms with Crippen LogP contribution in [0.4, 0.5) is 13.2 Å². The molecule has 1 aromatic rings. The van der Waals surface area contributed by atoms with Gasteiger partial charge < -0.3 is 4.90 Å². The Morgan fingerprint density at radius 3 is 2.64 bits per heavy atom. The highest BCUT2D eigenvalue weighted by Crippen LogP contribution is 2.30. The number of rotatable bonds is 3. The van der Waals surface area contributed by atoms with Crippen LogP contribution in [0.5, 0.6) is 0 Å². The van der Waals surface area contributed by atoms with Crippen molar-refractivity contribution in [3.63, 3.8) is 0 Å². The zero-order valence-electron chi connectivity index (χ0n) is 11.7. The number of carbonyl (C=O) groups excluding carboxylic acids is 1. The number of nitrogens with one attached hydrogen (secondary N) is 1. The molecule has 1 heterocycles. The summed E-state index contributed by atoms with van der Waals surface area (Å²) in [5, 5.41) is 0.